The van der Waals surface area contributed by atoms with E-state index in [1.165, 1.54) is 37.1 Å². The summed E-state index contributed by atoms with van der Waals surface area (Å²) < 4.78 is 18.5. The molecule has 6 nitrogen and oxygen atoms in total. The Morgan fingerprint density at radius 3 is 2.81 bits per heavy atom. The largest absolute Gasteiger partial charge is 0.465 e. The van der Waals surface area contributed by atoms with Crippen molar-refractivity contribution in [3.63, 3.8) is 0 Å². The zero-order chi connectivity index (χ0) is 18.8. The lowest BCUT2D eigenvalue weighted by atomic mass is 10.1. The molecule has 0 radical (unpaired) electrons. The minimum atomic E-state index is -0.622. The molecule has 0 saturated carbocycles. The van der Waals surface area contributed by atoms with Gasteiger partial charge in [-0.1, -0.05) is 33.8 Å². The van der Waals surface area contributed by atoms with Crippen molar-refractivity contribution >= 4 is 44.7 Å². The van der Waals surface area contributed by atoms with Crippen LogP contribution in [0.15, 0.2) is 38.7 Å². The molecule has 0 bridgehead atoms. The molecule has 3 rings (SSSR count). The van der Waals surface area contributed by atoms with Gasteiger partial charge in [-0.2, -0.15) is 0 Å². The van der Waals surface area contributed by atoms with Gasteiger partial charge < -0.3 is 9.72 Å². The molecule has 2 heterocycles. The van der Waals surface area contributed by atoms with Gasteiger partial charge >= 0.3 is 5.97 Å². The van der Waals surface area contributed by atoms with Gasteiger partial charge in [0, 0.05) is 15.9 Å². The van der Waals surface area contributed by atoms with E-state index in [0.717, 1.165) is 5.56 Å². The first-order valence-corrected chi connectivity index (χ1v) is 9.23. The third-order valence-electron chi connectivity index (χ3n) is 3.57. The predicted octanol–water partition coefficient (Wildman–Crippen LogP) is 3.61. The molecule has 1 N–H and O–H groups in total. The number of aromatic amines is 1. The summed E-state index contributed by atoms with van der Waals surface area (Å²) >= 11 is 4.58. The van der Waals surface area contributed by atoms with Gasteiger partial charge in [0.25, 0.3) is 5.56 Å². The van der Waals surface area contributed by atoms with Gasteiger partial charge in [-0.05, 0) is 30.7 Å². The van der Waals surface area contributed by atoms with Gasteiger partial charge in [0.1, 0.15) is 5.82 Å². The Morgan fingerprint density at radius 1 is 1.35 bits per heavy atom. The summed E-state index contributed by atoms with van der Waals surface area (Å²) in [7, 11) is 1.25. The lowest BCUT2D eigenvalue weighted by Crippen LogP contribution is -2.16. The van der Waals surface area contributed by atoms with Crippen molar-refractivity contribution in [2.75, 3.05) is 7.11 Å². The number of benzene rings is 1. The fourth-order valence-corrected chi connectivity index (χ4v) is 3.91. The number of hydrogen-bond donors (Lipinski definition) is 1. The monoisotopic (exact) mass is 437 g/mol. The zero-order valence-corrected chi connectivity index (χ0v) is 16.2. The Balaban J connectivity index is 1.98. The van der Waals surface area contributed by atoms with Gasteiger partial charge in [0.2, 0.25) is 0 Å². The third-order valence-corrected chi connectivity index (χ3v) is 5.23. The van der Waals surface area contributed by atoms with Crippen LogP contribution in [0.3, 0.4) is 0 Å². The molecule has 1 aromatic carbocycles. The number of halogens is 2. The number of carbonyl (C=O) groups is 1. The van der Waals surface area contributed by atoms with Crippen LogP contribution < -0.4 is 5.56 Å². The summed E-state index contributed by atoms with van der Waals surface area (Å²) in [6, 6.07) is 5.89. The van der Waals surface area contributed by atoms with Crippen molar-refractivity contribution in [2.24, 2.45) is 0 Å². The molecular weight excluding hydrogens is 425 g/mol. The summed E-state index contributed by atoms with van der Waals surface area (Å²) in [5, 5.41) is 0.447. The van der Waals surface area contributed by atoms with E-state index in [1.807, 2.05) is 0 Å². The van der Waals surface area contributed by atoms with E-state index in [1.54, 1.807) is 13.0 Å². The standard InChI is InChI=1S/C17H13BrFN3O3S/c1-8-5-11(16(24)25-2)13-14(20-8)21-17(22-15(13)23)26-7-9-3-4-10(19)6-12(9)18/h3-6H,7H2,1-2H3,(H,20,21,22,23). The highest BCUT2D eigenvalue weighted by Gasteiger charge is 2.17. The Kier molecular flexibility index (Phi) is 5.38. The molecule has 0 fully saturated rings. The molecule has 26 heavy (non-hydrogen) atoms. The zero-order valence-electron chi connectivity index (χ0n) is 13.8. The number of H-pyrrole nitrogens is 1. The van der Waals surface area contributed by atoms with Crippen LogP contribution in [-0.2, 0) is 10.5 Å². The van der Waals surface area contributed by atoms with Crippen LogP contribution in [0.1, 0.15) is 21.6 Å². The number of esters is 1. The fraction of sp³-hybridized carbons (Fsp3) is 0.176. The highest BCUT2D eigenvalue weighted by atomic mass is 79.9. The lowest BCUT2D eigenvalue weighted by molar-refractivity contribution is 0.0602. The third kappa shape index (κ3) is 3.78. The maximum absolute atomic E-state index is 13.2. The quantitative estimate of drug-likeness (QED) is 0.381. The second-order valence-corrected chi connectivity index (χ2v) is 7.22. The van der Waals surface area contributed by atoms with Crippen molar-refractivity contribution in [3.05, 3.63) is 61.7 Å². The Bertz CT molecular complexity index is 1070. The number of methoxy groups -OCH3 is 1. The summed E-state index contributed by atoms with van der Waals surface area (Å²) in [5.41, 5.74) is 1.24. The van der Waals surface area contributed by atoms with Gasteiger partial charge in [0.05, 0.1) is 18.1 Å². The molecule has 0 unspecified atom stereocenters. The summed E-state index contributed by atoms with van der Waals surface area (Å²) in [5.74, 6) is -0.494. The number of aryl methyl sites for hydroxylation is 1. The van der Waals surface area contributed by atoms with E-state index in [-0.39, 0.29) is 22.4 Å². The van der Waals surface area contributed by atoms with E-state index in [9.17, 15) is 14.0 Å². The van der Waals surface area contributed by atoms with Crippen molar-refractivity contribution < 1.29 is 13.9 Å². The first-order valence-electron chi connectivity index (χ1n) is 7.45. The summed E-state index contributed by atoms with van der Waals surface area (Å²) in [4.78, 5) is 35.6. The molecule has 2 aromatic heterocycles. The number of aromatic nitrogens is 3. The number of nitrogens with one attached hydrogen (secondary N) is 1. The van der Waals surface area contributed by atoms with E-state index in [4.69, 9.17) is 4.74 Å². The van der Waals surface area contributed by atoms with Crippen LogP contribution in [0.4, 0.5) is 4.39 Å². The predicted molar refractivity (Wildman–Crippen MR) is 99.9 cm³/mol. The van der Waals surface area contributed by atoms with Crippen molar-refractivity contribution in [2.45, 2.75) is 17.8 Å². The van der Waals surface area contributed by atoms with E-state index in [0.29, 0.717) is 21.1 Å². The number of nitrogens with zero attached hydrogens (tertiary/aromatic N) is 2. The molecule has 0 saturated heterocycles. The molecule has 0 atom stereocenters. The van der Waals surface area contributed by atoms with Gasteiger partial charge in [-0.25, -0.2) is 19.2 Å². The van der Waals surface area contributed by atoms with Gasteiger partial charge in [-0.15, -0.1) is 0 Å². The Morgan fingerprint density at radius 2 is 2.12 bits per heavy atom. The molecule has 134 valence electrons. The van der Waals surface area contributed by atoms with Crippen LogP contribution in [-0.4, -0.2) is 28.0 Å². The molecule has 3 aromatic rings. The smallest absolute Gasteiger partial charge is 0.338 e. The van der Waals surface area contributed by atoms with E-state index in [2.05, 4.69) is 30.9 Å². The fourth-order valence-electron chi connectivity index (χ4n) is 2.37. The van der Waals surface area contributed by atoms with Crippen LogP contribution in [0, 0.1) is 12.7 Å². The second-order valence-electron chi connectivity index (χ2n) is 5.40. The normalized spacial score (nSPS) is 10.9. The number of thioether (sulfide) groups is 1. The van der Waals surface area contributed by atoms with Crippen molar-refractivity contribution in [3.8, 4) is 0 Å². The maximum atomic E-state index is 13.2. The highest BCUT2D eigenvalue weighted by molar-refractivity contribution is 9.10. The van der Waals surface area contributed by atoms with Crippen LogP contribution in [0.25, 0.3) is 11.0 Å². The molecule has 0 spiro atoms. The van der Waals surface area contributed by atoms with Crippen LogP contribution >= 0.6 is 27.7 Å². The van der Waals surface area contributed by atoms with Crippen LogP contribution in [0.2, 0.25) is 0 Å². The maximum Gasteiger partial charge on any atom is 0.338 e. The second kappa shape index (κ2) is 7.55. The molecule has 9 heteroatoms. The molecule has 0 aliphatic carbocycles. The average molecular weight is 438 g/mol. The Hall–Kier alpha value is -2.26. The van der Waals surface area contributed by atoms with Gasteiger partial charge in [0.15, 0.2) is 10.8 Å². The Labute approximate surface area is 160 Å². The highest BCUT2D eigenvalue weighted by Crippen LogP contribution is 2.26. The minimum absolute atomic E-state index is 0.0924. The first kappa shape index (κ1) is 18.5. The minimum Gasteiger partial charge on any atom is -0.465 e. The van der Waals surface area contributed by atoms with Crippen molar-refractivity contribution in [1.82, 2.24) is 15.0 Å². The van der Waals surface area contributed by atoms with Gasteiger partial charge in [-0.3, -0.25) is 4.79 Å². The number of ether oxygens (including phenoxy) is 1. The average Bonchev–Trinajstić information content (AvgIpc) is 2.59. The number of hydrogen-bond acceptors (Lipinski definition) is 6. The number of carbonyl (C=O) groups excluding carboxylic acids is 1. The van der Waals surface area contributed by atoms with E-state index < -0.39 is 11.5 Å². The van der Waals surface area contributed by atoms with Crippen molar-refractivity contribution in [1.29, 1.82) is 0 Å². The number of fused-ring (bicyclic) bond motifs is 1. The summed E-state index contributed by atoms with van der Waals surface area (Å²) in [6.07, 6.45) is 0. The number of pyridine rings is 1. The topological polar surface area (TPSA) is 84.9 Å². The number of rotatable bonds is 4. The molecule has 0 amide bonds. The lowest BCUT2D eigenvalue weighted by Gasteiger charge is -2.07. The molecule has 0 aliphatic rings. The van der Waals surface area contributed by atoms with E-state index >= 15 is 0 Å². The first-order chi connectivity index (χ1) is 12.4. The molecule has 0 aliphatic heterocycles. The molecular formula is C17H13BrFN3O3S. The SMILES string of the molecule is COC(=O)c1cc(C)nc2nc(SCc3ccc(F)cc3Br)[nH]c(=O)c12. The van der Waals surface area contributed by atoms with Crippen LogP contribution in [0.5, 0.6) is 0 Å². The summed E-state index contributed by atoms with van der Waals surface area (Å²) in [6.45, 7) is 1.71.